The molecule has 0 saturated heterocycles. The third kappa shape index (κ3) is 4.42. The van der Waals surface area contributed by atoms with Gasteiger partial charge in [0.1, 0.15) is 5.82 Å². The largest absolute Gasteiger partial charge is 0.384 e. The zero-order valence-corrected chi connectivity index (χ0v) is 14.3. The zero-order chi connectivity index (χ0) is 15.9. The first kappa shape index (κ1) is 17.9. The fourth-order valence-electron chi connectivity index (χ4n) is 3.31. The van der Waals surface area contributed by atoms with Gasteiger partial charge in [0.05, 0.1) is 0 Å². The second-order valence-electron chi connectivity index (χ2n) is 6.00. The molecule has 0 aromatic carbocycles. The highest BCUT2D eigenvalue weighted by Gasteiger charge is 2.37. The predicted octanol–water partition coefficient (Wildman–Crippen LogP) is 2.69. The summed E-state index contributed by atoms with van der Waals surface area (Å²) in [6, 6.07) is 4.47. The van der Waals surface area contributed by atoms with Crippen molar-refractivity contribution in [1.29, 1.82) is 0 Å². The maximum absolute atomic E-state index is 5.83. The highest BCUT2D eigenvalue weighted by Crippen LogP contribution is 2.28. The van der Waals surface area contributed by atoms with E-state index in [0.29, 0.717) is 11.9 Å². The van der Waals surface area contributed by atoms with Gasteiger partial charge in [0.15, 0.2) is 0 Å². The van der Waals surface area contributed by atoms with Crippen molar-refractivity contribution in [2.75, 3.05) is 26.4 Å². The first-order valence-electron chi connectivity index (χ1n) is 8.11. The minimum absolute atomic E-state index is 0.160. The average molecular weight is 292 g/mol. The topological polar surface area (TPSA) is 54.2 Å². The van der Waals surface area contributed by atoms with Crippen LogP contribution in [0.15, 0.2) is 18.3 Å². The molecule has 4 heteroatoms. The van der Waals surface area contributed by atoms with Crippen molar-refractivity contribution in [3.05, 3.63) is 23.9 Å². The molecule has 1 unspecified atom stereocenters. The first-order valence-corrected chi connectivity index (χ1v) is 8.11. The molecule has 0 bridgehead atoms. The second-order valence-corrected chi connectivity index (χ2v) is 6.00. The fourth-order valence-corrected chi connectivity index (χ4v) is 3.31. The van der Waals surface area contributed by atoms with Crippen molar-refractivity contribution in [3.8, 4) is 0 Å². The van der Waals surface area contributed by atoms with Crippen molar-refractivity contribution in [1.82, 2.24) is 15.2 Å². The number of pyridine rings is 1. The van der Waals surface area contributed by atoms with Crippen LogP contribution in [-0.2, 0) is 6.42 Å². The van der Waals surface area contributed by atoms with E-state index in [1.165, 1.54) is 5.56 Å². The summed E-state index contributed by atoms with van der Waals surface area (Å²) in [6.07, 6.45) is 6.17. The Morgan fingerprint density at radius 2 is 1.95 bits per heavy atom. The minimum Gasteiger partial charge on any atom is -0.384 e. The lowest BCUT2D eigenvalue weighted by atomic mass is 9.80. The van der Waals surface area contributed by atoms with Crippen molar-refractivity contribution < 1.29 is 0 Å². The van der Waals surface area contributed by atoms with Gasteiger partial charge in [-0.2, -0.15) is 0 Å². The Morgan fingerprint density at radius 1 is 1.29 bits per heavy atom. The molecule has 0 aliphatic rings. The molecule has 0 spiro atoms. The Hall–Kier alpha value is -1.13. The number of anilines is 1. The Morgan fingerprint density at radius 3 is 2.43 bits per heavy atom. The van der Waals surface area contributed by atoms with Crippen molar-refractivity contribution in [2.24, 2.45) is 0 Å². The predicted molar refractivity (Wildman–Crippen MR) is 91.4 cm³/mol. The van der Waals surface area contributed by atoms with Crippen LogP contribution < -0.4 is 11.1 Å². The monoisotopic (exact) mass is 292 g/mol. The summed E-state index contributed by atoms with van der Waals surface area (Å²) in [5, 5.41) is 3.76. The van der Waals surface area contributed by atoms with Crippen LogP contribution in [0.2, 0.25) is 0 Å². The molecule has 1 atom stereocenters. The average Bonchev–Trinajstić information content (AvgIpc) is 2.46. The number of hydrogen-bond acceptors (Lipinski definition) is 4. The Bertz CT molecular complexity index is 413. The van der Waals surface area contributed by atoms with E-state index in [0.717, 1.165) is 32.2 Å². The smallest absolute Gasteiger partial charge is 0.123 e. The Balaban J connectivity index is 3.03. The molecule has 0 radical (unpaired) electrons. The van der Waals surface area contributed by atoms with Gasteiger partial charge in [-0.15, -0.1) is 0 Å². The Kier molecular flexibility index (Phi) is 7.12. The number of nitrogens with zero attached hydrogens (tertiary/aromatic N) is 2. The van der Waals surface area contributed by atoms with Gasteiger partial charge in [0.2, 0.25) is 0 Å². The summed E-state index contributed by atoms with van der Waals surface area (Å²) in [4.78, 5) is 6.47. The summed E-state index contributed by atoms with van der Waals surface area (Å²) in [5.74, 6) is 0.602. The molecular formula is C17H32N4. The number of nitrogens with one attached hydrogen (secondary N) is 1. The fraction of sp³-hybridized carbons (Fsp3) is 0.706. The van der Waals surface area contributed by atoms with Crippen LogP contribution >= 0.6 is 0 Å². The SMILES string of the molecule is CCCNC(Cc1ccnc(N)c1)C(CC)(CC)N(C)C. The number of aromatic nitrogens is 1. The summed E-state index contributed by atoms with van der Waals surface area (Å²) in [7, 11) is 4.38. The number of likely N-dealkylation sites (N-methyl/N-ethyl adjacent to an activating group) is 1. The van der Waals surface area contributed by atoms with E-state index in [9.17, 15) is 0 Å². The molecule has 1 heterocycles. The van der Waals surface area contributed by atoms with E-state index in [-0.39, 0.29) is 5.54 Å². The summed E-state index contributed by atoms with van der Waals surface area (Å²) < 4.78 is 0. The van der Waals surface area contributed by atoms with E-state index in [4.69, 9.17) is 5.73 Å². The molecule has 0 fully saturated rings. The van der Waals surface area contributed by atoms with Gasteiger partial charge in [-0.25, -0.2) is 4.98 Å². The van der Waals surface area contributed by atoms with Crippen LogP contribution in [0.4, 0.5) is 5.82 Å². The van der Waals surface area contributed by atoms with Crippen LogP contribution in [-0.4, -0.2) is 42.1 Å². The second kappa shape index (κ2) is 8.35. The molecule has 21 heavy (non-hydrogen) atoms. The van der Waals surface area contributed by atoms with Crippen molar-refractivity contribution in [3.63, 3.8) is 0 Å². The van der Waals surface area contributed by atoms with Crippen LogP contribution in [0, 0.1) is 0 Å². The van der Waals surface area contributed by atoms with Gasteiger partial charge >= 0.3 is 0 Å². The van der Waals surface area contributed by atoms with Crippen molar-refractivity contribution in [2.45, 2.75) is 58.0 Å². The lowest BCUT2D eigenvalue weighted by molar-refractivity contribution is 0.0881. The molecule has 1 aromatic rings. The third-order valence-corrected chi connectivity index (χ3v) is 4.69. The quantitative estimate of drug-likeness (QED) is 0.735. The van der Waals surface area contributed by atoms with Crippen LogP contribution in [0.25, 0.3) is 0 Å². The first-order chi connectivity index (χ1) is 10.00. The number of nitrogen functional groups attached to an aromatic ring is 1. The third-order valence-electron chi connectivity index (χ3n) is 4.69. The lowest BCUT2D eigenvalue weighted by Gasteiger charge is -2.46. The number of rotatable bonds is 9. The van der Waals surface area contributed by atoms with Gasteiger partial charge in [-0.1, -0.05) is 20.8 Å². The molecule has 0 aliphatic carbocycles. The molecule has 1 aromatic heterocycles. The Labute approximate surface area is 130 Å². The van der Waals surface area contributed by atoms with Crippen LogP contribution in [0.3, 0.4) is 0 Å². The van der Waals surface area contributed by atoms with E-state index in [1.54, 1.807) is 6.20 Å². The van der Waals surface area contributed by atoms with E-state index in [2.05, 4.69) is 56.1 Å². The normalized spacial score (nSPS) is 13.6. The summed E-state index contributed by atoms with van der Waals surface area (Å²) in [6.45, 7) is 7.82. The van der Waals surface area contributed by atoms with E-state index >= 15 is 0 Å². The van der Waals surface area contributed by atoms with Crippen molar-refractivity contribution >= 4 is 5.82 Å². The number of hydrogen-bond donors (Lipinski definition) is 2. The maximum Gasteiger partial charge on any atom is 0.123 e. The maximum atomic E-state index is 5.83. The van der Waals surface area contributed by atoms with Crippen LogP contribution in [0.5, 0.6) is 0 Å². The molecule has 3 N–H and O–H groups in total. The highest BCUT2D eigenvalue weighted by atomic mass is 15.2. The van der Waals surface area contributed by atoms with Gasteiger partial charge in [0, 0.05) is 17.8 Å². The zero-order valence-electron chi connectivity index (χ0n) is 14.3. The van der Waals surface area contributed by atoms with Gasteiger partial charge in [-0.05, 0) is 64.0 Å². The lowest BCUT2D eigenvalue weighted by Crippen LogP contribution is -2.59. The standard InChI is InChI=1S/C17H32N4/c1-6-10-19-15(17(7-2,8-3)21(4)5)12-14-9-11-20-16(18)13-14/h9,11,13,15,19H,6-8,10,12H2,1-5H3,(H2,18,20). The van der Waals surface area contributed by atoms with Gasteiger partial charge < -0.3 is 16.0 Å². The molecule has 1 rings (SSSR count). The van der Waals surface area contributed by atoms with Gasteiger partial charge in [-0.3, -0.25) is 0 Å². The molecular weight excluding hydrogens is 260 g/mol. The van der Waals surface area contributed by atoms with Gasteiger partial charge in [0.25, 0.3) is 0 Å². The van der Waals surface area contributed by atoms with E-state index < -0.39 is 0 Å². The van der Waals surface area contributed by atoms with Crippen LogP contribution in [0.1, 0.15) is 45.6 Å². The summed E-state index contributed by atoms with van der Waals surface area (Å²) in [5.41, 5.74) is 7.24. The molecule has 4 nitrogen and oxygen atoms in total. The molecule has 0 amide bonds. The molecule has 120 valence electrons. The highest BCUT2D eigenvalue weighted by molar-refractivity contribution is 5.32. The van der Waals surface area contributed by atoms with E-state index in [1.807, 2.05) is 6.07 Å². The molecule has 0 aliphatic heterocycles. The summed E-state index contributed by atoms with van der Waals surface area (Å²) >= 11 is 0. The number of nitrogens with two attached hydrogens (primary N) is 1. The minimum atomic E-state index is 0.160. The molecule has 0 saturated carbocycles.